The van der Waals surface area contributed by atoms with Crippen LogP contribution in [0.4, 0.5) is 0 Å². The third-order valence-electron chi connectivity index (χ3n) is 5.04. The van der Waals surface area contributed by atoms with E-state index in [0.717, 1.165) is 37.0 Å². The average molecular weight is 237 g/mol. The number of hydrogen-bond acceptors (Lipinski definition) is 2. The van der Waals surface area contributed by atoms with Crippen LogP contribution in [0.15, 0.2) is 0 Å². The van der Waals surface area contributed by atoms with Gasteiger partial charge in [-0.1, -0.05) is 12.8 Å². The van der Waals surface area contributed by atoms with Gasteiger partial charge in [-0.3, -0.25) is 0 Å². The summed E-state index contributed by atoms with van der Waals surface area (Å²) in [6, 6.07) is 0.888. The number of nitrogens with one attached hydrogen (secondary N) is 1. The molecule has 0 radical (unpaired) electrons. The molecule has 2 unspecified atom stereocenters. The highest BCUT2D eigenvalue weighted by Crippen LogP contribution is 2.38. The van der Waals surface area contributed by atoms with Crippen molar-refractivity contribution in [3.05, 3.63) is 0 Å². The van der Waals surface area contributed by atoms with Crippen LogP contribution >= 0.6 is 0 Å². The van der Waals surface area contributed by atoms with Crippen LogP contribution < -0.4 is 5.32 Å². The Bertz CT molecular complexity index is 233. The fourth-order valence-electron chi connectivity index (χ4n) is 3.71. The van der Waals surface area contributed by atoms with Gasteiger partial charge in [0.1, 0.15) is 0 Å². The van der Waals surface area contributed by atoms with E-state index in [1.165, 1.54) is 57.9 Å². The minimum Gasteiger partial charge on any atom is -0.381 e. The Morgan fingerprint density at radius 2 is 1.65 bits per heavy atom. The van der Waals surface area contributed by atoms with E-state index in [-0.39, 0.29) is 0 Å². The van der Waals surface area contributed by atoms with Gasteiger partial charge in [0.2, 0.25) is 0 Å². The number of rotatable bonds is 5. The Labute approximate surface area is 105 Å². The first-order valence-corrected chi connectivity index (χ1v) is 7.73. The van der Waals surface area contributed by atoms with Crippen molar-refractivity contribution in [2.24, 2.45) is 17.8 Å². The van der Waals surface area contributed by atoms with E-state index in [9.17, 15) is 0 Å². The van der Waals surface area contributed by atoms with Gasteiger partial charge in [0.05, 0.1) is 0 Å². The van der Waals surface area contributed by atoms with Gasteiger partial charge in [-0.15, -0.1) is 0 Å². The van der Waals surface area contributed by atoms with Crippen LogP contribution in [0.2, 0.25) is 0 Å². The summed E-state index contributed by atoms with van der Waals surface area (Å²) in [7, 11) is 0. The molecular formula is C15H27NO. The molecule has 1 N–H and O–H groups in total. The van der Waals surface area contributed by atoms with Crippen LogP contribution in [0.1, 0.15) is 51.4 Å². The van der Waals surface area contributed by atoms with Crippen molar-refractivity contribution >= 4 is 0 Å². The first kappa shape index (κ1) is 12.0. The predicted molar refractivity (Wildman–Crippen MR) is 70.0 cm³/mol. The van der Waals surface area contributed by atoms with Crippen molar-refractivity contribution in [1.29, 1.82) is 0 Å². The summed E-state index contributed by atoms with van der Waals surface area (Å²) >= 11 is 0. The van der Waals surface area contributed by atoms with E-state index in [1.54, 1.807) is 0 Å². The Hall–Kier alpha value is -0.0800. The summed E-state index contributed by atoms with van der Waals surface area (Å²) in [4.78, 5) is 0. The molecule has 2 atom stereocenters. The summed E-state index contributed by atoms with van der Waals surface area (Å²) in [6.07, 6.45) is 11.4. The maximum Gasteiger partial charge on any atom is 0.0468 e. The van der Waals surface area contributed by atoms with Crippen molar-refractivity contribution < 1.29 is 4.74 Å². The van der Waals surface area contributed by atoms with Gasteiger partial charge in [-0.05, 0) is 62.8 Å². The topological polar surface area (TPSA) is 21.3 Å². The third kappa shape index (κ3) is 3.45. The van der Waals surface area contributed by atoms with E-state index in [0.29, 0.717) is 0 Å². The first-order chi connectivity index (χ1) is 8.42. The molecule has 0 aromatic rings. The summed E-state index contributed by atoms with van der Waals surface area (Å²) in [5.74, 6) is 2.97. The second-order valence-corrected chi connectivity index (χ2v) is 6.43. The molecule has 98 valence electrons. The quantitative estimate of drug-likeness (QED) is 0.793. The minimum atomic E-state index is 0.888. The van der Waals surface area contributed by atoms with Crippen LogP contribution in [-0.4, -0.2) is 25.8 Å². The molecular weight excluding hydrogens is 210 g/mol. The zero-order valence-corrected chi connectivity index (χ0v) is 11.0. The number of hydrogen-bond donors (Lipinski definition) is 1. The normalized spacial score (nSPS) is 35.3. The largest absolute Gasteiger partial charge is 0.381 e. The molecule has 0 aromatic heterocycles. The highest BCUT2D eigenvalue weighted by Gasteiger charge is 2.31. The van der Waals surface area contributed by atoms with Gasteiger partial charge < -0.3 is 10.1 Å². The fourth-order valence-corrected chi connectivity index (χ4v) is 3.71. The number of ether oxygens (including phenoxy) is 1. The molecule has 0 bridgehead atoms. The minimum absolute atomic E-state index is 0.888. The van der Waals surface area contributed by atoms with Crippen molar-refractivity contribution in [1.82, 2.24) is 5.32 Å². The van der Waals surface area contributed by atoms with Crippen LogP contribution in [-0.2, 0) is 4.74 Å². The van der Waals surface area contributed by atoms with Crippen molar-refractivity contribution in [3.63, 3.8) is 0 Å². The lowest BCUT2D eigenvalue weighted by atomic mass is 9.83. The molecule has 3 fully saturated rings. The monoisotopic (exact) mass is 237 g/mol. The lowest BCUT2D eigenvalue weighted by Crippen LogP contribution is -2.28. The molecule has 2 nitrogen and oxygen atoms in total. The smallest absolute Gasteiger partial charge is 0.0468 e. The summed E-state index contributed by atoms with van der Waals surface area (Å²) in [5.41, 5.74) is 0. The highest BCUT2D eigenvalue weighted by molar-refractivity contribution is 4.86. The van der Waals surface area contributed by atoms with Gasteiger partial charge in [0.25, 0.3) is 0 Å². The van der Waals surface area contributed by atoms with Crippen molar-refractivity contribution in [3.8, 4) is 0 Å². The summed E-state index contributed by atoms with van der Waals surface area (Å²) in [5, 5.41) is 3.74. The van der Waals surface area contributed by atoms with Gasteiger partial charge in [0.15, 0.2) is 0 Å². The van der Waals surface area contributed by atoms with E-state index < -0.39 is 0 Å². The Morgan fingerprint density at radius 1 is 0.882 bits per heavy atom. The van der Waals surface area contributed by atoms with Gasteiger partial charge in [-0.25, -0.2) is 0 Å². The lowest BCUT2D eigenvalue weighted by molar-refractivity contribution is 0.0562. The van der Waals surface area contributed by atoms with Crippen LogP contribution in [0.3, 0.4) is 0 Å². The van der Waals surface area contributed by atoms with Crippen LogP contribution in [0, 0.1) is 17.8 Å². The third-order valence-corrected chi connectivity index (χ3v) is 5.04. The first-order valence-electron chi connectivity index (χ1n) is 7.73. The lowest BCUT2D eigenvalue weighted by Gasteiger charge is -2.28. The predicted octanol–water partition coefficient (Wildman–Crippen LogP) is 2.97. The summed E-state index contributed by atoms with van der Waals surface area (Å²) < 4.78 is 5.47. The maximum atomic E-state index is 5.47. The molecule has 17 heavy (non-hydrogen) atoms. The van der Waals surface area contributed by atoms with E-state index in [4.69, 9.17) is 4.74 Å². The molecule has 2 heteroatoms. The standard InChI is InChI=1S/C15H27NO/c1-2-13(10-12-6-8-17-9-7-12)14(3-1)11-16-15-4-5-15/h12-16H,1-11H2. The van der Waals surface area contributed by atoms with E-state index in [2.05, 4.69) is 5.32 Å². The zero-order valence-electron chi connectivity index (χ0n) is 11.0. The molecule has 1 aliphatic heterocycles. The van der Waals surface area contributed by atoms with E-state index >= 15 is 0 Å². The van der Waals surface area contributed by atoms with Gasteiger partial charge >= 0.3 is 0 Å². The average Bonchev–Trinajstić information content (AvgIpc) is 3.09. The zero-order chi connectivity index (χ0) is 11.5. The van der Waals surface area contributed by atoms with Crippen molar-refractivity contribution in [2.75, 3.05) is 19.8 Å². The maximum absolute atomic E-state index is 5.47. The Balaban J connectivity index is 1.43. The Morgan fingerprint density at radius 3 is 2.41 bits per heavy atom. The molecule has 0 spiro atoms. The molecule has 0 aromatic carbocycles. The van der Waals surface area contributed by atoms with Crippen molar-refractivity contribution in [2.45, 2.75) is 57.4 Å². The van der Waals surface area contributed by atoms with Gasteiger partial charge in [-0.2, -0.15) is 0 Å². The molecule has 0 amide bonds. The second kappa shape index (κ2) is 5.71. The summed E-state index contributed by atoms with van der Waals surface area (Å²) in [6.45, 7) is 3.34. The van der Waals surface area contributed by atoms with Gasteiger partial charge in [0, 0.05) is 19.3 Å². The SMILES string of the molecule is C1CC(CNC2CC2)C(CC2CCOCC2)C1. The molecule has 3 aliphatic rings. The fraction of sp³-hybridized carbons (Fsp3) is 1.00. The molecule has 1 heterocycles. The second-order valence-electron chi connectivity index (χ2n) is 6.43. The highest BCUT2D eigenvalue weighted by atomic mass is 16.5. The van der Waals surface area contributed by atoms with Crippen LogP contribution in [0.5, 0.6) is 0 Å². The molecule has 3 rings (SSSR count). The Kier molecular flexibility index (Phi) is 4.02. The molecule has 2 aliphatic carbocycles. The van der Waals surface area contributed by atoms with Crippen LogP contribution in [0.25, 0.3) is 0 Å². The molecule has 1 saturated heterocycles. The van der Waals surface area contributed by atoms with E-state index in [1.807, 2.05) is 0 Å². The molecule has 2 saturated carbocycles.